The first-order valence-corrected chi connectivity index (χ1v) is 7.06. The molecule has 0 bridgehead atoms. The van der Waals surface area contributed by atoms with Crippen LogP contribution in [0.25, 0.3) is 0 Å². The van der Waals surface area contributed by atoms with Gasteiger partial charge in [-0.05, 0) is 25.0 Å². The molecule has 0 radical (unpaired) electrons. The highest BCUT2D eigenvalue weighted by Crippen LogP contribution is 2.16. The van der Waals surface area contributed by atoms with Gasteiger partial charge in [-0.1, -0.05) is 25.1 Å². The summed E-state index contributed by atoms with van der Waals surface area (Å²) in [6.45, 7) is 1.26. The molecule has 0 heterocycles. The molecule has 2 amide bonds. The minimum atomic E-state index is -4.50. The van der Waals surface area contributed by atoms with E-state index in [1.807, 2.05) is 19.1 Å². The normalized spacial score (nSPS) is 12.6. The number of carbonyl (C=O) groups excluding carboxylic acids is 2. The molecule has 5 nitrogen and oxygen atoms in total. The summed E-state index contributed by atoms with van der Waals surface area (Å²) in [6.07, 6.45) is -5.08. The van der Waals surface area contributed by atoms with Crippen LogP contribution in [0.15, 0.2) is 24.3 Å². The van der Waals surface area contributed by atoms with Crippen LogP contribution in [0.1, 0.15) is 19.4 Å². The second kappa shape index (κ2) is 8.52. The lowest BCUT2D eigenvalue weighted by Gasteiger charge is -2.15. The van der Waals surface area contributed by atoms with Crippen molar-refractivity contribution in [2.24, 2.45) is 0 Å². The summed E-state index contributed by atoms with van der Waals surface area (Å²) >= 11 is 0. The van der Waals surface area contributed by atoms with E-state index in [0.717, 1.165) is 12.0 Å². The van der Waals surface area contributed by atoms with E-state index in [0.29, 0.717) is 5.69 Å². The number of amides is 2. The maximum atomic E-state index is 12.0. The molecular formula is C15H19F3N2O3. The Labute approximate surface area is 132 Å². The Morgan fingerprint density at radius 3 is 2.52 bits per heavy atom. The van der Waals surface area contributed by atoms with Crippen molar-refractivity contribution >= 4 is 17.5 Å². The Kier molecular flexibility index (Phi) is 7.02. The number of anilines is 1. The largest absolute Gasteiger partial charge is 0.411 e. The molecule has 8 heteroatoms. The highest BCUT2D eigenvalue weighted by atomic mass is 19.4. The first-order valence-electron chi connectivity index (χ1n) is 7.06. The lowest BCUT2D eigenvalue weighted by atomic mass is 10.1. The van der Waals surface area contributed by atoms with Crippen LogP contribution in [-0.4, -0.2) is 37.2 Å². The Balaban J connectivity index is 2.42. The molecule has 1 aromatic rings. The molecule has 0 aliphatic rings. The fraction of sp³-hybridized carbons (Fsp3) is 0.467. The average molecular weight is 332 g/mol. The molecule has 0 saturated carbocycles. The van der Waals surface area contributed by atoms with Gasteiger partial charge in [0.2, 0.25) is 11.8 Å². The first-order chi connectivity index (χ1) is 10.7. The van der Waals surface area contributed by atoms with Crippen LogP contribution in [-0.2, 0) is 20.7 Å². The van der Waals surface area contributed by atoms with Crippen molar-refractivity contribution in [1.82, 2.24) is 5.32 Å². The van der Waals surface area contributed by atoms with E-state index in [9.17, 15) is 22.8 Å². The topological polar surface area (TPSA) is 67.4 Å². The lowest BCUT2D eigenvalue weighted by molar-refractivity contribution is -0.185. The van der Waals surface area contributed by atoms with Gasteiger partial charge < -0.3 is 15.4 Å². The fourth-order valence-electron chi connectivity index (χ4n) is 1.75. The molecule has 2 N–H and O–H groups in total. The number of alkyl halides is 3. The summed E-state index contributed by atoms with van der Waals surface area (Å²) < 4.78 is 40.3. The second-order valence-electron chi connectivity index (χ2n) is 4.85. The molecule has 1 aromatic carbocycles. The van der Waals surface area contributed by atoms with Crippen molar-refractivity contribution in [1.29, 1.82) is 0 Å². The van der Waals surface area contributed by atoms with Gasteiger partial charge in [-0.25, -0.2) is 0 Å². The molecule has 128 valence electrons. The standard InChI is InChI=1S/C15H19F3N2O3/c1-3-11-6-4-5-7-12(11)20-13(21)8-19-14(22)10(2)23-9-15(16,17)18/h4-7,10H,3,8-9H2,1-2H3,(H,19,22)(H,20,21)/t10-/m0/s1. The summed E-state index contributed by atoms with van der Waals surface area (Å²) in [6, 6.07) is 7.20. The molecule has 0 spiro atoms. The number of aryl methyl sites for hydroxylation is 1. The van der Waals surface area contributed by atoms with Gasteiger partial charge in [0.15, 0.2) is 0 Å². The number of nitrogens with one attached hydrogen (secondary N) is 2. The summed E-state index contributed by atoms with van der Waals surface area (Å²) in [5.41, 5.74) is 1.57. The van der Waals surface area contributed by atoms with Gasteiger partial charge in [0, 0.05) is 5.69 Å². The van der Waals surface area contributed by atoms with E-state index in [2.05, 4.69) is 15.4 Å². The molecule has 1 rings (SSSR count). The zero-order valence-electron chi connectivity index (χ0n) is 12.9. The van der Waals surface area contributed by atoms with Gasteiger partial charge in [0.25, 0.3) is 0 Å². The maximum Gasteiger partial charge on any atom is 0.411 e. The van der Waals surface area contributed by atoms with Crippen molar-refractivity contribution in [2.75, 3.05) is 18.5 Å². The van der Waals surface area contributed by atoms with Crippen LogP contribution >= 0.6 is 0 Å². The van der Waals surface area contributed by atoms with E-state index in [4.69, 9.17) is 0 Å². The third kappa shape index (κ3) is 7.14. The summed E-state index contributed by atoms with van der Waals surface area (Å²) in [7, 11) is 0. The Morgan fingerprint density at radius 2 is 1.91 bits per heavy atom. The molecule has 0 saturated heterocycles. The van der Waals surface area contributed by atoms with Gasteiger partial charge >= 0.3 is 6.18 Å². The first kappa shape index (κ1) is 19.0. The Hall–Kier alpha value is -2.09. The molecule has 0 aliphatic carbocycles. The predicted octanol–water partition coefficient (Wildman–Crippen LogP) is 2.27. The van der Waals surface area contributed by atoms with Crippen LogP contribution in [0.4, 0.5) is 18.9 Å². The number of rotatable bonds is 7. The predicted molar refractivity (Wildman–Crippen MR) is 78.9 cm³/mol. The zero-order valence-corrected chi connectivity index (χ0v) is 12.9. The second-order valence-corrected chi connectivity index (χ2v) is 4.85. The van der Waals surface area contributed by atoms with E-state index < -0.39 is 30.7 Å². The SMILES string of the molecule is CCc1ccccc1NC(=O)CNC(=O)[C@H](C)OCC(F)(F)F. The summed E-state index contributed by atoms with van der Waals surface area (Å²) in [5.74, 6) is -1.25. The summed E-state index contributed by atoms with van der Waals surface area (Å²) in [4.78, 5) is 23.3. The number of halogens is 3. The van der Waals surface area contributed by atoms with Crippen LogP contribution in [0, 0.1) is 0 Å². The number of hydrogen-bond acceptors (Lipinski definition) is 3. The summed E-state index contributed by atoms with van der Waals surface area (Å²) in [5, 5.41) is 4.87. The molecule has 0 unspecified atom stereocenters. The van der Waals surface area contributed by atoms with E-state index in [1.165, 1.54) is 6.92 Å². The lowest BCUT2D eigenvalue weighted by Crippen LogP contribution is -2.40. The van der Waals surface area contributed by atoms with Crippen molar-refractivity contribution in [2.45, 2.75) is 32.5 Å². The molecule has 0 aliphatic heterocycles. The molecule has 1 atom stereocenters. The van der Waals surface area contributed by atoms with E-state index >= 15 is 0 Å². The van der Waals surface area contributed by atoms with E-state index in [1.54, 1.807) is 12.1 Å². The Bertz CT molecular complexity index is 547. The highest BCUT2D eigenvalue weighted by molar-refractivity contribution is 5.95. The van der Waals surface area contributed by atoms with Crippen molar-refractivity contribution < 1.29 is 27.5 Å². The minimum Gasteiger partial charge on any atom is -0.359 e. The fourth-order valence-corrected chi connectivity index (χ4v) is 1.75. The van der Waals surface area contributed by atoms with Gasteiger partial charge in [-0.2, -0.15) is 13.2 Å². The van der Waals surface area contributed by atoms with Crippen molar-refractivity contribution in [3.8, 4) is 0 Å². The number of carbonyl (C=O) groups is 2. The minimum absolute atomic E-state index is 0.351. The molecule has 0 aromatic heterocycles. The van der Waals surface area contributed by atoms with Gasteiger partial charge in [0.1, 0.15) is 12.7 Å². The van der Waals surface area contributed by atoms with Crippen LogP contribution in [0.3, 0.4) is 0 Å². The average Bonchev–Trinajstić information content (AvgIpc) is 2.50. The maximum absolute atomic E-state index is 12.0. The number of para-hydroxylation sites is 1. The van der Waals surface area contributed by atoms with Gasteiger partial charge in [-0.15, -0.1) is 0 Å². The number of benzene rings is 1. The van der Waals surface area contributed by atoms with Gasteiger partial charge in [0.05, 0.1) is 6.54 Å². The molecule has 23 heavy (non-hydrogen) atoms. The monoisotopic (exact) mass is 332 g/mol. The molecule has 0 fully saturated rings. The quantitative estimate of drug-likeness (QED) is 0.805. The third-order valence-corrected chi connectivity index (χ3v) is 2.96. The van der Waals surface area contributed by atoms with E-state index in [-0.39, 0.29) is 6.54 Å². The zero-order chi connectivity index (χ0) is 17.5. The van der Waals surface area contributed by atoms with Crippen LogP contribution < -0.4 is 10.6 Å². The molecular weight excluding hydrogens is 313 g/mol. The van der Waals surface area contributed by atoms with Gasteiger partial charge in [-0.3, -0.25) is 9.59 Å². The Morgan fingerprint density at radius 1 is 1.26 bits per heavy atom. The van der Waals surface area contributed by atoms with Crippen molar-refractivity contribution in [3.63, 3.8) is 0 Å². The smallest absolute Gasteiger partial charge is 0.359 e. The third-order valence-electron chi connectivity index (χ3n) is 2.96. The number of hydrogen-bond donors (Lipinski definition) is 2. The van der Waals surface area contributed by atoms with Crippen LogP contribution in [0.2, 0.25) is 0 Å². The van der Waals surface area contributed by atoms with Crippen molar-refractivity contribution in [3.05, 3.63) is 29.8 Å². The highest BCUT2D eigenvalue weighted by Gasteiger charge is 2.29. The van der Waals surface area contributed by atoms with Crippen LogP contribution in [0.5, 0.6) is 0 Å². The number of ether oxygens (including phenoxy) is 1.